The smallest absolute Gasteiger partial charge is 0.413 e. The minimum Gasteiger partial charge on any atom is -0.469 e. The molecule has 0 atom stereocenters. The lowest BCUT2D eigenvalue weighted by molar-refractivity contribution is -0.139. The summed E-state index contributed by atoms with van der Waals surface area (Å²) in [5, 5.41) is 2.97. The molecule has 0 bridgehead atoms. The van der Waals surface area contributed by atoms with Crippen LogP contribution in [0, 0.1) is 12.8 Å². The molecule has 0 aromatic carbocycles. The molecule has 1 aromatic heterocycles. The predicted molar refractivity (Wildman–Crippen MR) is 72.4 cm³/mol. The molecule has 1 rings (SSSR count). The van der Waals surface area contributed by atoms with Crippen LogP contribution >= 0.6 is 11.3 Å². The molecule has 0 aliphatic carbocycles. The maximum Gasteiger partial charge on any atom is 0.413 e. The number of esters is 1. The first kappa shape index (κ1) is 15.4. The van der Waals surface area contributed by atoms with Crippen LogP contribution in [-0.4, -0.2) is 30.8 Å². The maximum absolute atomic E-state index is 11.5. The summed E-state index contributed by atoms with van der Waals surface area (Å²) in [7, 11) is 1.33. The monoisotopic (exact) mass is 286 g/mol. The second-order valence-corrected chi connectivity index (χ2v) is 5.48. The normalized spacial score (nSPS) is 10.4. The van der Waals surface area contributed by atoms with Gasteiger partial charge in [0.25, 0.3) is 0 Å². The van der Waals surface area contributed by atoms with E-state index >= 15 is 0 Å². The van der Waals surface area contributed by atoms with Crippen LogP contribution in [0.2, 0.25) is 0 Å². The first-order valence-electron chi connectivity index (χ1n) is 5.89. The van der Waals surface area contributed by atoms with E-state index in [1.54, 1.807) is 6.92 Å². The summed E-state index contributed by atoms with van der Waals surface area (Å²) in [6, 6.07) is 0. The first-order chi connectivity index (χ1) is 8.92. The number of rotatable bonds is 5. The topological polar surface area (TPSA) is 77.5 Å². The van der Waals surface area contributed by atoms with Crippen molar-refractivity contribution in [2.24, 2.45) is 5.92 Å². The van der Waals surface area contributed by atoms with Crippen LogP contribution in [0.5, 0.6) is 0 Å². The van der Waals surface area contributed by atoms with E-state index in [1.165, 1.54) is 18.4 Å². The maximum atomic E-state index is 11.5. The zero-order valence-corrected chi connectivity index (χ0v) is 12.3. The van der Waals surface area contributed by atoms with Crippen molar-refractivity contribution in [1.29, 1.82) is 0 Å². The van der Waals surface area contributed by atoms with Crippen molar-refractivity contribution in [2.75, 3.05) is 19.0 Å². The number of nitrogens with one attached hydrogen (secondary N) is 1. The van der Waals surface area contributed by atoms with Crippen LogP contribution in [-0.2, 0) is 20.7 Å². The summed E-state index contributed by atoms with van der Waals surface area (Å²) in [6.45, 7) is 6.04. The summed E-state index contributed by atoms with van der Waals surface area (Å²) in [5.41, 5.74) is 0.703. The summed E-state index contributed by atoms with van der Waals surface area (Å²) in [6.07, 6.45) is -0.380. The fraction of sp³-hybridized carbons (Fsp3) is 0.583. The fourth-order valence-electron chi connectivity index (χ4n) is 1.21. The summed E-state index contributed by atoms with van der Waals surface area (Å²) in [5.74, 6) is -0.0562. The number of carbonyl (C=O) groups is 2. The highest BCUT2D eigenvalue weighted by atomic mass is 32.1. The Morgan fingerprint density at radius 3 is 2.68 bits per heavy atom. The van der Waals surface area contributed by atoms with Gasteiger partial charge in [-0.3, -0.25) is 10.1 Å². The van der Waals surface area contributed by atoms with Crippen molar-refractivity contribution in [3.63, 3.8) is 0 Å². The number of methoxy groups -OCH3 is 1. The lowest BCUT2D eigenvalue weighted by Crippen LogP contribution is -2.16. The van der Waals surface area contributed by atoms with Gasteiger partial charge >= 0.3 is 12.1 Å². The van der Waals surface area contributed by atoms with E-state index < -0.39 is 6.09 Å². The van der Waals surface area contributed by atoms with Gasteiger partial charge in [-0.2, -0.15) is 0 Å². The molecule has 1 heterocycles. The molecule has 19 heavy (non-hydrogen) atoms. The number of carbonyl (C=O) groups excluding carboxylic acids is 2. The van der Waals surface area contributed by atoms with Gasteiger partial charge in [0, 0.05) is 4.88 Å². The zero-order chi connectivity index (χ0) is 14.4. The minimum atomic E-state index is -0.535. The third-order valence-electron chi connectivity index (χ3n) is 2.18. The number of aromatic nitrogens is 1. The molecule has 0 aliphatic heterocycles. The Hall–Kier alpha value is -1.63. The molecule has 7 heteroatoms. The molecular weight excluding hydrogens is 268 g/mol. The van der Waals surface area contributed by atoms with Crippen LogP contribution in [0.15, 0.2) is 0 Å². The number of nitrogens with zero attached hydrogens (tertiary/aromatic N) is 1. The number of ether oxygens (including phenoxy) is 2. The summed E-state index contributed by atoms with van der Waals surface area (Å²) < 4.78 is 9.58. The van der Waals surface area contributed by atoms with E-state index in [1.807, 2.05) is 13.8 Å². The second-order valence-electron chi connectivity index (χ2n) is 4.40. The number of thiazole rings is 1. The van der Waals surface area contributed by atoms with E-state index in [9.17, 15) is 9.59 Å². The Morgan fingerprint density at radius 2 is 2.11 bits per heavy atom. The molecule has 0 spiro atoms. The first-order valence-corrected chi connectivity index (χ1v) is 6.71. The zero-order valence-electron chi connectivity index (χ0n) is 11.5. The molecule has 6 nitrogen and oxygen atoms in total. The van der Waals surface area contributed by atoms with Gasteiger partial charge in [-0.15, -0.1) is 11.3 Å². The van der Waals surface area contributed by atoms with Crippen molar-refractivity contribution in [2.45, 2.75) is 27.2 Å². The van der Waals surface area contributed by atoms with Crippen LogP contribution in [0.3, 0.4) is 0 Å². The number of hydrogen-bond donors (Lipinski definition) is 1. The van der Waals surface area contributed by atoms with Gasteiger partial charge in [-0.05, 0) is 12.8 Å². The van der Waals surface area contributed by atoms with Gasteiger partial charge in [-0.25, -0.2) is 9.78 Å². The lowest BCUT2D eigenvalue weighted by atomic mass is 10.2. The Kier molecular flexibility index (Phi) is 5.75. The molecular formula is C12H18N2O4S. The molecule has 0 saturated carbocycles. The quantitative estimate of drug-likeness (QED) is 0.841. The van der Waals surface area contributed by atoms with Crippen molar-refractivity contribution in [3.05, 3.63) is 10.6 Å². The van der Waals surface area contributed by atoms with Crippen molar-refractivity contribution in [3.8, 4) is 0 Å². The molecule has 1 N–H and O–H groups in total. The van der Waals surface area contributed by atoms with Gasteiger partial charge in [0.05, 0.1) is 25.8 Å². The van der Waals surface area contributed by atoms with E-state index in [4.69, 9.17) is 4.74 Å². The standard InChI is InChI=1S/C12H18N2O4S/c1-7(2)6-18-12(16)14-11-13-8(3)9(19-11)5-10(15)17-4/h7H,5-6H2,1-4H3,(H,13,14,16). The van der Waals surface area contributed by atoms with Crippen LogP contribution in [0.1, 0.15) is 24.4 Å². The average molecular weight is 286 g/mol. The highest BCUT2D eigenvalue weighted by molar-refractivity contribution is 7.16. The number of anilines is 1. The number of amides is 1. The molecule has 0 radical (unpaired) electrons. The third-order valence-corrected chi connectivity index (χ3v) is 3.25. The van der Waals surface area contributed by atoms with Gasteiger partial charge in [0.15, 0.2) is 5.13 Å². The van der Waals surface area contributed by atoms with E-state index in [0.29, 0.717) is 17.4 Å². The Morgan fingerprint density at radius 1 is 1.42 bits per heavy atom. The second kappa shape index (κ2) is 7.08. The van der Waals surface area contributed by atoms with Crippen LogP contribution in [0.4, 0.5) is 9.93 Å². The highest BCUT2D eigenvalue weighted by Crippen LogP contribution is 2.23. The molecule has 0 aliphatic rings. The van der Waals surface area contributed by atoms with E-state index in [-0.39, 0.29) is 18.3 Å². The predicted octanol–water partition coefficient (Wildman–Crippen LogP) is 2.37. The Bertz CT molecular complexity index is 457. The number of aryl methyl sites for hydroxylation is 1. The summed E-state index contributed by atoms with van der Waals surface area (Å²) >= 11 is 1.24. The van der Waals surface area contributed by atoms with Crippen molar-refractivity contribution >= 4 is 28.5 Å². The van der Waals surface area contributed by atoms with Crippen molar-refractivity contribution < 1.29 is 19.1 Å². The molecule has 1 aromatic rings. The van der Waals surface area contributed by atoms with Gasteiger partial charge in [-0.1, -0.05) is 13.8 Å². The summed E-state index contributed by atoms with van der Waals surface area (Å²) in [4.78, 5) is 27.6. The average Bonchev–Trinajstić information content (AvgIpc) is 2.66. The largest absolute Gasteiger partial charge is 0.469 e. The molecule has 0 unspecified atom stereocenters. The van der Waals surface area contributed by atoms with Gasteiger partial charge < -0.3 is 9.47 Å². The molecule has 0 fully saturated rings. The molecule has 106 valence electrons. The molecule has 1 amide bonds. The van der Waals surface area contributed by atoms with Crippen molar-refractivity contribution in [1.82, 2.24) is 4.98 Å². The third kappa shape index (κ3) is 5.25. The Labute approximate surface area is 116 Å². The molecule has 0 saturated heterocycles. The van der Waals surface area contributed by atoms with E-state index in [0.717, 1.165) is 4.88 Å². The fourth-order valence-corrected chi connectivity index (χ4v) is 2.15. The highest BCUT2D eigenvalue weighted by Gasteiger charge is 2.14. The minimum absolute atomic E-state index is 0.155. The van der Waals surface area contributed by atoms with E-state index in [2.05, 4.69) is 15.0 Å². The van der Waals surface area contributed by atoms with Crippen LogP contribution in [0.25, 0.3) is 0 Å². The Balaban J connectivity index is 2.58. The number of hydrogen-bond acceptors (Lipinski definition) is 6. The van der Waals surface area contributed by atoms with Gasteiger partial charge in [0.2, 0.25) is 0 Å². The van der Waals surface area contributed by atoms with Gasteiger partial charge in [0.1, 0.15) is 0 Å². The van der Waals surface area contributed by atoms with Crippen LogP contribution < -0.4 is 5.32 Å². The lowest BCUT2D eigenvalue weighted by Gasteiger charge is -2.06. The SMILES string of the molecule is COC(=O)Cc1sc(NC(=O)OCC(C)C)nc1C.